The number of ether oxygens (including phenoxy) is 1. The zero-order chi connectivity index (χ0) is 23.9. The Morgan fingerprint density at radius 3 is 2.76 bits per heavy atom. The van der Waals surface area contributed by atoms with E-state index in [1.165, 1.54) is 4.88 Å². The molecule has 1 saturated heterocycles. The van der Waals surface area contributed by atoms with E-state index in [4.69, 9.17) is 15.3 Å². The molecule has 1 aromatic carbocycles. The summed E-state index contributed by atoms with van der Waals surface area (Å²) in [5, 5.41) is 6.10. The van der Waals surface area contributed by atoms with Crippen molar-refractivity contribution in [3.63, 3.8) is 0 Å². The summed E-state index contributed by atoms with van der Waals surface area (Å²) in [6.07, 6.45) is 0.948. The molecule has 8 heteroatoms. The van der Waals surface area contributed by atoms with Crippen LogP contribution in [0.5, 0.6) is 0 Å². The van der Waals surface area contributed by atoms with Crippen molar-refractivity contribution in [2.75, 3.05) is 32.9 Å². The summed E-state index contributed by atoms with van der Waals surface area (Å²) in [4.78, 5) is 21.8. The van der Waals surface area contributed by atoms with Crippen molar-refractivity contribution in [2.45, 2.75) is 33.4 Å². The standard InChI is InChI=1S/C26H32N4O3S/c1-19-15-24(20(2)30(19)9-8-23-7-4-14-34-23)25(31)18-33-28-26(27)22-6-3-5-21(16-22)17-29-10-12-32-13-11-29/h3-7,14-16H,8-13,17-18H2,1-2H3,(H2,27,28). The van der Waals surface area contributed by atoms with Gasteiger partial charge in [0.15, 0.2) is 12.4 Å². The van der Waals surface area contributed by atoms with Gasteiger partial charge in [-0.05, 0) is 49.4 Å². The molecular weight excluding hydrogens is 448 g/mol. The zero-order valence-electron chi connectivity index (χ0n) is 19.8. The van der Waals surface area contributed by atoms with E-state index in [2.05, 4.69) is 38.2 Å². The number of ketones is 1. The van der Waals surface area contributed by atoms with E-state index < -0.39 is 0 Å². The fraction of sp³-hybridized carbons (Fsp3) is 0.385. The average Bonchev–Trinajstić information content (AvgIpc) is 3.46. The van der Waals surface area contributed by atoms with Crippen molar-refractivity contribution in [3.8, 4) is 0 Å². The van der Waals surface area contributed by atoms with Crippen molar-refractivity contribution in [1.82, 2.24) is 9.47 Å². The van der Waals surface area contributed by atoms with E-state index in [1.807, 2.05) is 38.1 Å². The first kappa shape index (κ1) is 24.2. The highest BCUT2D eigenvalue weighted by molar-refractivity contribution is 7.09. The number of carbonyl (C=O) groups excluding carboxylic acids is 1. The Morgan fingerprint density at radius 1 is 1.18 bits per heavy atom. The lowest BCUT2D eigenvalue weighted by Crippen LogP contribution is -2.35. The minimum absolute atomic E-state index is 0.104. The second-order valence-electron chi connectivity index (χ2n) is 8.53. The predicted octanol–water partition coefficient (Wildman–Crippen LogP) is 3.76. The molecule has 0 atom stereocenters. The molecular formula is C26H32N4O3S. The average molecular weight is 481 g/mol. The van der Waals surface area contributed by atoms with E-state index in [0.29, 0.717) is 5.56 Å². The molecule has 0 radical (unpaired) electrons. The molecule has 2 aromatic heterocycles. The Hall–Kier alpha value is -2.94. The number of amidine groups is 1. The Bertz CT molecular complexity index is 1130. The number of oxime groups is 1. The maximum atomic E-state index is 12.8. The van der Waals surface area contributed by atoms with Crippen molar-refractivity contribution in [3.05, 3.63) is 80.8 Å². The summed E-state index contributed by atoms with van der Waals surface area (Å²) in [5.41, 5.74) is 10.8. The van der Waals surface area contributed by atoms with Crippen LogP contribution >= 0.6 is 11.3 Å². The SMILES string of the molecule is Cc1cc(C(=O)CO/N=C(/N)c2cccc(CN3CCOCC3)c2)c(C)n1CCc1cccs1. The Morgan fingerprint density at radius 2 is 2.00 bits per heavy atom. The zero-order valence-corrected chi connectivity index (χ0v) is 20.6. The lowest BCUT2D eigenvalue weighted by atomic mass is 10.1. The van der Waals surface area contributed by atoms with Crippen LogP contribution in [0.2, 0.25) is 0 Å². The highest BCUT2D eigenvalue weighted by Crippen LogP contribution is 2.18. The topological polar surface area (TPSA) is 82.1 Å². The number of nitrogens with zero attached hydrogens (tertiary/aromatic N) is 3. The highest BCUT2D eigenvalue weighted by atomic mass is 32.1. The van der Waals surface area contributed by atoms with Gasteiger partial charge in [-0.3, -0.25) is 9.69 Å². The Kier molecular flexibility index (Phi) is 8.16. The summed E-state index contributed by atoms with van der Waals surface area (Å²) in [6, 6.07) is 14.1. The smallest absolute Gasteiger partial charge is 0.204 e. The van der Waals surface area contributed by atoms with Gasteiger partial charge >= 0.3 is 0 Å². The monoisotopic (exact) mass is 480 g/mol. The molecule has 2 N–H and O–H groups in total. The number of aryl methyl sites for hydroxylation is 2. The number of morpholine rings is 1. The van der Waals surface area contributed by atoms with Crippen molar-refractivity contribution < 1.29 is 14.4 Å². The number of carbonyl (C=O) groups is 1. The molecule has 180 valence electrons. The van der Waals surface area contributed by atoms with E-state index in [9.17, 15) is 4.79 Å². The van der Waals surface area contributed by atoms with Crippen molar-refractivity contribution in [2.24, 2.45) is 10.9 Å². The first-order valence-electron chi connectivity index (χ1n) is 11.6. The molecule has 0 amide bonds. The molecule has 7 nitrogen and oxygen atoms in total. The molecule has 1 aliphatic heterocycles. The molecule has 3 aromatic rings. The van der Waals surface area contributed by atoms with Gasteiger partial charge in [0, 0.05) is 53.6 Å². The molecule has 34 heavy (non-hydrogen) atoms. The molecule has 0 spiro atoms. The summed E-state index contributed by atoms with van der Waals surface area (Å²) in [5.74, 6) is 0.158. The van der Waals surface area contributed by atoms with Gasteiger partial charge in [0.1, 0.15) is 0 Å². The molecule has 0 aliphatic carbocycles. The van der Waals surface area contributed by atoms with E-state index in [0.717, 1.165) is 68.3 Å². The van der Waals surface area contributed by atoms with Gasteiger partial charge < -0.3 is 19.9 Å². The number of benzene rings is 1. The summed E-state index contributed by atoms with van der Waals surface area (Å²) >= 11 is 1.75. The third-order valence-corrected chi connectivity index (χ3v) is 7.06. The lowest BCUT2D eigenvalue weighted by molar-refractivity contribution is 0.0342. The second-order valence-corrected chi connectivity index (χ2v) is 9.56. The van der Waals surface area contributed by atoms with Crippen molar-refractivity contribution >= 4 is 23.0 Å². The number of aromatic nitrogens is 1. The number of hydrogen-bond acceptors (Lipinski definition) is 6. The van der Waals surface area contributed by atoms with Crippen LogP contribution in [0.25, 0.3) is 0 Å². The lowest BCUT2D eigenvalue weighted by Gasteiger charge is -2.26. The van der Waals surface area contributed by atoms with E-state index in [1.54, 1.807) is 11.3 Å². The highest BCUT2D eigenvalue weighted by Gasteiger charge is 2.17. The molecule has 1 aliphatic rings. The molecule has 0 unspecified atom stereocenters. The van der Waals surface area contributed by atoms with Gasteiger partial charge in [-0.15, -0.1) is 11.3 Å². The molecule has 0 saturated carbocycles. The van der Waals surface area contributed by atoms with Gasteiger partial charge in [-0.2, -0.15) is 0 Å². The van der Waals surface area contributed by atoms with E-state index >= 15 is 0 Å². The van der Waals surface area contributed by atoms with Gasteiger partial charge in [-0.1, -0.05) is 29.4 Å². The third-order valence-electron chi connectivity index (χ3n) is 6.13. The van der Waals surface area contributed by atoms with Crippen LogP contribution in [0.4, 0.5) is 0 Å². The maximum absolute atomic E-state index is 12.8. The van der Waals surface area contributed by atoms with Crippen LogP contribution in [-0.2, 0) is 29.1 Å². The molecule has 0 bridgehead atoms. The normalized spacial score (nSPS) is 14.9. The fourth-order valence-corrected chi connectivity index (χ4v) is 4.94. The maximum Gasteiger partial charge on any atom is 0.204 e. The first-order chi connectivity index (χ1) is 16.5. The number of rotatable bonds is 10. The van der Waals surface area contributed by atoms with Crippen LogP contribution in [0.15, 0.2) is 53.0 Å². The number of hydrogen-bond donors (Lipinski definition) is 1. The summed E-state index contributed by atoms with van der Waals surface area (Å²) in [7, 11) is 0. The number of Topliss-reactive ketones (excluding diaryl/α,β-unsaturated/α-hetero) is 1. The van der Waals surface area contributed by atoms with Crippen LogP contribution in [0.1, 0.15) is 37.7 Å². The molecule has 3 heterocycles. The van der Waals surface area contributed by atoms with Crippen LogP contribution in [0.3, 0.4) is 0 Å². The minimum Gasteiger partial charge on any atom is -0.386 e. The Labute approximate surface area is 204 Å². The van der Waals surface area contributed by atoms with Crippen LogP contribution in [-0.4, -0.2) is 54.0 Å². The van der Waals surface area contributed by atoms with E-state index in [-0.39, 0.29) is 18.2 Å². The van der Waals surface area contributed by atoms with Gasteiger partial charge in [0.05, 0.1) is 13.2 Å². The van der Waals surface area contributed by atoms with Gasteiger partial charge in [0.25, 0.3) is 0 Å². The van der Waals surface area contributed by atoms with Crippen molar-refractivity contribution in [1.29, 1.82) is 0 Å². The molecule has 4 rings (SSSR count). The first-order valence-corrected chi connectivity index (χ1v) is 12.5. The Balaban J connectivity index is 1.33. The van der Waals surface area contributed by atoms with Gasteiger partial charge in [-0.25, -0.2) is 0 Å². The van der Waals surface area contributed by atoms with Crippen LogP contribution < -0.4 is 5.73 Å². The number of nitrogens with two attached hydrogens (primary N) is 1. The third kappa shape index (κ3) is 6.14. The largest absolute Gasteiger partial charge is 0.386 e. The quantitative estimate of drug-likeness (QED) is 0.207. The fourth-order valence-electron chi connectivity index (χ4n) is 4.24. The van der Waals surface area contributed by atoms with Gasteiger partial charge in [0.2, 0.25) is 5.78 Å². The van der Waals surface area contributed by atoms with Crippen LogP contribution in [0, 0.1) is 13.8 Å². The summed E-state index contributed by atoms with van der Waals surface area (Å²) in [6.45, 7) is 8.92. The minimum atomic E-state index is -0.149. The molecule has 1 fully saturated rings. The summed E-state index contributed by atoms with van der Waals surface area (Å²) < 4.78 is 7.60. The second kappa shape index (κ2) is 11.5. The number of thiophene rings is 1. The predicted molar refractivity (Wildman–Crippen MR) is 135 cm³/mol.